The molecule has 1 heterocycles. The number of aryl methyl sites for hydroxylation is 2. The number of aromatic nitrogens is 2. The number of Topliss-reactive ketones (excluding diaryl/α,β-unsaturated/α-hetero) is 1. The Morgan fingerprint density at radius 1 is 1.50 bits per heavy atom. The monoisotopic (exact) mass is 466 g/mol. The number of benzene rings is 1. The molecule has 6 heteroatoms. The van der Waals surface area contributed by atoms with Crippen molar-refractivity contribution in [2.24, 2.45) is 0 Å². The first kappa shape index (κ1) is 16.0. The lowest BCUT2D eigenvalue weighted by molar-refractivity contribution is 0.0989. The number of carbonyl (C=O) groups is 1. The number of halogens is 3. The smallest absolute Gasteiger partial charge is 0.169 e. The number of nitrogens with zero attached hydrogens (tertiary/aromatic N) is 2. The molecule has 0 saturated carbocycles. The summed E-state index contributed by atoms with van der Waals surface area (Å²) in [5.41, 5.74) is 2.47. The molecule has 0 aliphatic heterocycles. The summed E-state index contributed by atoms with van der Waals surface area (Å²) in [4.78, 5) is 12.5. The van der Waals surface area contributed by atoms with Crippen LogP contribution in [-0.4, -0.2) is 15.6 Å². The molecule has 0 bridgehead atoms. The average molecular weight is 468 g/mol. The fourth-order valence-electron chi connectivity index (χ4n) is 2.00. The van der Waals surface area contributed by atoms with Crippen molar-refractivity contribution < 1.29 is 4.79 Å². The molecule has 1 aromatic heterocycles. The largest absolute Gasteiger partial charge is 0.294 e. The summed E-state index contributed by atoms with van der Waals surface area (Å²) in [6.45, 7) is 4.67. The minimum Gasteiger partial charge on any atom is -0.294 e. The normalized spacial score (nSPS) is 10.8. The van der Waals surface area contributed by atoms with E-state index < -0.39 is 0 Å². The Bertz CT molecular complexity index is 669. The van der Waals surface area contributed by atoms with Crippen LogP contribution in [0.5, 0.6) is 0 Å². The van der Waals surface area contributed by atoms with Crippen molar-refractivity contribution in [2.45, 2.75) is 26.8 Å². The minimum absolute atomic E-state index is 0.0483. The van der Waals surface area contributed by atoms with E-state index in [-0.39, 0.29) is 5.78 Å². The van der Waals surface area contributed by atoms with Crippen molar-refractivity contribution in [3.05, 3.63) is 48.2 Å². The van der Waals surface area contributed by atoms with Crippen LogP contribution in [0.3, 0.4) is 0 Å². The molecular weight excluding hydrogens is 454 g/mol. The number of rotatable bonds is 4. The van der Waals surface area contributed by atoms with Crippen molar-refractivity contribution >= 4 is 55.9 Å². The molecule has 20 heavy (non-hydrogen) atoms. The van der Waals surface area contributed by atoms with Crippen LogP contribution in [-0.2, 0) is 13.0 Å². The van der Waals surface area contributed by atoms with E-state index in [9.17, 15) is 4.79 Å². The van der Waals surface area contributed by atoms with Gasteiger partial charge in [0, 0.05) is 20.7 Å². The predicted octanol–water partition coefficient (Wildman–Crippen LogP) is 4.66. The predicted molar refractivity (Wildman–Crippen MR) is 92.5 cm³/mol. The van der Waals surface area contributed by atoms with Crippen LogP contribution in [0, 0.1) is 10.5 Å². The van der Waals surface area contributed by atoms with Crippen LogP contribution in [0.4, 0.5) is 0 Å². The standard InChI is InChI=1S/C14H13BrClIN2O/c1-3-19-12(14(15)8(2)18-19)7-13(20)10-6-9(16)4-5-11(10)17/h4-6H,3,7H2,1-2H3. The lowest BCUT2D eigenvalue weighted by Crippen LogP contribution is -2.11. The summed E-state index contributed by atoms with van der Waals surface area (Å²) >= 11 is 11.6. The summed E-state index contributed by atoms with van der Waals surface area (Å²) in [5, 5.41) is 4.98. The zero-order valence-corrected chi connectivity index (χ0v) is 15.6. The van der Waals surface area contributed by atoms with Gasteiger partial charge in [-0.1, -0.05) is 11.6 Å². The second kappa shape index (κ2) is 6.58. The van der Waals surface area contributed by atoms with Crippen molar-refractivity contribution in [1.29, 1.82) is 0 Å². The Labute approximate surface area is 145 Å². The zero-order valence-electron chi connectivity index (χ0n) is 11.1. The molecule has 2 rings (SSSR count). The maximum Gasteiger partial charge on any atom is 0.169 e. The second-order valence-corrected chi connectivity index (χ2v) is 6.78. The molecule has 3 nitrogen and oxygen atoms in total. The maximum atomic E-state index is 12.5. The first-order chi connectivity index (χ1) is 9.43. The SMILES string of the molecule is CCn1nc(C)c(Br)c1CC(=O)c1cc(Cl)ccc1I. The summed E-state index contributed by atoms with van der Waals surface area (Å²) in [5.74, 6) is 0.0483. The van der Waals surface area contributed by atoms with E-state index in [1.54, 1.807) is 12.1 Å². The van der Waals surface area contributed by atoms with Gasteiger partial charge < -0.3 is 0 Å². The Hall–Kier alpha value is -0.400. The van der Waals surface area contributed by atoms with E-state index in [1.165, 1.54) is 0 Å². The molecule has 2 aromatic rings. The number of hydrogen-bond donors (Lipinski definition) is 0. The molecule has 0 unspecified atom stereocenters. The fraction of sp³-hybridized carbons (Fsp3) is 0.286. The molecule has 0 aliphatic rings. The highest BCUT2D eigenvalue weighted by molar-refractivity contribution is 14.1. The minimum atomic E-state index is 0.0483. The van der Waals surface area contributed by atoms with Gasteiger partial charge in [-0.25, -0.2) is 0 Å². The van der Waals surface area contributed by atoms with E-state index in [2.05, 4.69) is 43.6 Å². The third-order valence-corrected chi connectivity index (χ3v) is 5.22. The van der Waals surface area contributed by atoms with Gasteiger partial charge in [0.15, 0.2) is 5.78 Å². The van der Waals surface area contributed by atoms with Gasteiger partial charge in [0.25, 0.3) is 0 Å². The lowest BCUT2D eigenvalue weighted by Gasteiger charge is -2.07. The molecule has 106 valence electrons. The molecule has 0 fully saturated rings. The quantitative estimate of drug-likeness (QED) is 0.484. The van der Waals surface area contributed by atoms with Gasteiger partial charge in [0.1, 0.15) is 0 Å². The Balaban J connectivity index is 2.35. The van der Waals surface area contributed by atoms with E-state index >= 15 is 0 Å². The van der Waals surface area contributed by atoms with Crippen LogP contribution in [0.15, 0.2) is 22.7 Å². The lowest BCUT2D eigenvalue weighted by atomic mass is 10.1. The number of hydrogen-bond acceptors (Lipinski definition) is 2. The van der Waals surface area contributed by atoms with Gasteiger partial charge in [-0.3, -0.25) is 9.48 Å². The van der Waals surface area contributed by atoms with Gasteiger partial charge in [-0.05, 0) is 70.6 Å². The van der Waals surface area contributed by atoms with Crippen LogP contribution in [0.2, 0.25) is 5.02 Å². The zero-order chi connectivity index (χ0) is 14.9. The Morgan fingerprint density at radius 3 is 2.85 bits per heavy atom. The van der Waals surface area contributed by atoms with Crippen LogP contribution in [0.1, 0.15) is 28.7 Å². The summed E-state index contributed by atoms with van der Waals surface area (Å²) in [7, 11) is 0. The Morgan fingerprint density at radius 2 is 2.20 bits per heavy atom. The molecule has 0 saturated heterocycles. The Kier molecular flexibility index (Phi) is 5.25. The molecule has 0 radical (unpaired) electrons. The van der Waals surface area contributed by atoms with Gasteiger partial charge in [-0.2, -0.15) is 5.10 Å². The van der Waals surface area contributed by atoms with Crippen molar-refractivity contribution in [3.63, 3.8) is 0 Å². The van der Waals surface area contributed by atoms with Crippen LogP contribution in [0.25, 0.3) is 0 Å². The molecule has 0 atom stereocenters. The molecule has 0 spiro atoms. The average Bonchev–Trinajstić information content (AvgIpc) is 2.69. The van der Waals surface area contributed by atoms with Crippen LogP contribution < -0.4 is 0 Å². The van der Waals surface area contributed by atoms with Crippen molar-refractivity contribution in [2.75, 3.05) is 0 Å². The van der Waals surface area contributed by atoms with E-state index in [1.807, 2.05) is 24.6 Å². The molecule has 0 aliphatic carbocycles. The number of ketones is 1. The first-order valence-electron chi connectivity index (χ1n) is 6.14. The topological polar surface area (TPSA) is 34.9 Å². The molecular formula is C14H13BrClIN2O. The van der Waals surface area contributed by atoms with E-state index in [0.717, 1.165) is 26.0 Å². The fourth-order valence-corrected chi connectivity index (χ4v) is 3.23. The van der Waals surface area contributed by atoms with E-state index in [4.69, 9.17) is 11.6 Å². The third-order valence-electron chi connectivity index (χ3n) is 3.01. The third kappa shape index (κ3) is 3.26. The summed E-state index contributed by atoms with van der Waals surface area (Å²) in [6, 6.07) is 5.36. The molecule has 1 aromatic carbocycles. The highest BCUT2D eigenvalue weighted by Gasteiger charge is 2.18. The highest BCUT2D eigenvalue weighted by atomic mass is 127. The second-order valence-electron chi connectivity index (χ2n) is 4.39. The van der Waals surface area contributed by atoms with Crippen LogP contribution >= 0.6 is 50.1 Å². The van der Waals surface area contributed by atoms with Gasteiger partial charge >= 0.3 is 0 Å². The maximum absolute atomic E-state index is 12.5. The highest BCUT2D eigenvalue weighted by Crippen LogP contribution is 2.24. The number of carbonyl (C=O) groups excluding carboxylic acids is 1. The van der Waals surface area contributed by atoms with E-state index in [0.29, 0.717) is 17.0 Å². The molecule has 0 amide bonds. The first-order valence-corrected chi connectivity index (χ1v) is 8.39. The van der Waals surface area contributed by atoms with Crippen molar-refractivity contribution in [1.82, 2.24) is 9.78 Å². The molecule has 0 N–H and O–H groups in total. The van der Waals surface area contributed by atoms with Crippen molar-refractivity contribution in [3.8, 4) is 0 Å². The van der Waals surface area contributed by atoms with Gasteiger partial charge in [0.2, 0.25) is 0 Å². The van der Waals surface area contributed by atoms with Gasteiger partial charge in [-0.15, -0.1) is 0 Å². The summed E-state index contributed by atoms with van der Waals surface area (Å²) in [6.07, 6.45) is 0.311. The van der Waals surface area contributed by atoms with Gasteiger partial charge in [0.05, 0.1) is 22.3 Å². The summed E-state index contributed by atoms with van der Waals surface area (Å²) < 4.78 is 3.67.